The van der Waals surface area contributed by atoms with Crippen LogP contribution in [-0.4, -0.2) is 14.2 Å². The Kier molecular flexibility index (Phi) is 3.53. The molecule has 3 aromatic rings. The molecule has 0 N–H and O–H groups in total. The number of aryl methyl sites for hydroxylation is 1. The first-order chi connectivity index (χ1) is 10.2. The topological polar surface area (TPSA) is 18.5 Å². The molecule has 0 amide bonds. The summed E-state index contributed by atoms with van der Waals surface area (Å²) < 4.78 is 10.7. The van der Waals surface area contributed by atoms with E-state index in [1.54, 1.807) is 14.2 Å². The highest BCUT2D eigenvalue weighted by Gasteiger charge is 2.08. The van der Waals surface area contributed by atoms with Crippen molar-refractivity contribution in [2.45, 2.75) is 6.92 Å². The highest BCUT2D eigenvalue weighted by Crippen LogP contribution is 2.35. The van der Waals surface area contributed by atoms with E-state index in [9.17, 15) is 0 Å². The number of rotatable bonds is 3. The first kappa shape index (κ1) is 13.5. The maximum absolute atomic E-state index is 5.37. The molecular weight excluding hydrogens is 260 g/mol. The first-order valence-corrected chi connectivity index (χ1v) is 6.94. The third-order valence-electron chi connectivity index (χ3n) is 3.80. The zero-order chi connectivity index (χ0) is 14.8. The van der Waals surface area contributed by atoms with Gasteiger partial charge in [-0.1, -0.05) is 36.4 Å². The van der Waals surface area contributed by atoms with Crippen molar-refractivity contribution in [3.63, 3.8) is 0 Å². The zero-order valence-corrected chi connectivity index (χ0v) is 12.5. The van der Waals surface area contributed by atoms with Crippen LogP contribution < -0.4 is 9.47 Å². The van der Waals surface area contributed by atoms with Gasteiger partial charge in [-0.25, -0.2) is 0 Å². The van der Waals surface area contributed by atoms with Gasteiger partial charge in [-0.05, 0) is 46.5 Å². The Morgan fingerprint density at radius 2 is 1.33 bits per heavy atom. The molecular formula is C19H18O2. The monoisotopic (exact) mass is 278 g/mol. The van der Waals surface area contributed by atoms with E-state index in [2.05, 4.69) is 43.3 Å². The van der Waals surface area contributed by atoms with Crippen molar-refractivity contribution in [1.82, 2.24) is 0 Å². The molecule has 0 aromatic heterocycles. The quantitative estimate of drug-likeness (QED) is 0.683. The van der Waals surface area contributed by atoms with Crippen LogP contribution in [0.5, 0.6) is 11.5 Å². The smallest absolute Gasteiger partial charge is 0.123 e. The second kappa shape index (κ2) is 5.49. The van der Waals surface area contributed by atoms with Gasteiger partial charge < -0.3 is 9.47 Å². The molecule has 0 aliphatic carbocycles. The molecule has 0 saturated heterocycles. The second-order valence-electron chi connectivity index (χ2n) is 5.08. The molecule has 0 aliphatic rings. The van der Waals surface area contributed by atoms with Crippen molar-refractivity contribution in [1.29, 1.82) is 0 Å². The highest BCUT2D eigenvalue weighted by molar-refractivity contribution is 5.98. The fourth-order valence-electron chi connectivity index (χ4n) is 2.66. The number of benzene rings is 3. The number of hydrogen-bond acceptors (Lipinski definition) is 2. The maximum atomic E-state index is 5.37. The van der Waals surface area contributed by atoms with Crippen LogP contribution in [0.4, 0.5) is 0 Å². The van der Waals surface area contributed by atoms with Gasteiger partial charge in [0.05, 0.1) is 14.2 Å². The van der Waals surface area contributed by atoms with Crippen LogP contribution in [0, 0.1) is 6.92 Å². The summed E-state index contributed by atoms with van der Waals surface area (Å²) >= 11 is 0. The molecule has 3 rings (SSSR count). The molecule has 0 unspecified atom stereocenters. The van der Waals surface area contributed by atoms with Crippen molar-refractivity contribution in [3.8, 4) is 22.6 Å². The Bertz CT molecular complexity index is 768. The van der Waals surface area contributed by atoms with Crippen LogP contribution in [0.25, 0.3) is 21.9 Å². The van der Waals surface area contributed by atoms with Gasteiger partial charge >= 0.3 is 0 Å². The predicted octanol–water partition coefficient (Wildman–Crippen LogP) is 4.83. The molecule has 0 radical (unpaired) electrons. The Balaban J connectivity index is 2.28. The molecule has 0 heterocycles. The predicted molar refractivity (Wildman–Crippen MR) is 87.2 cm³/mol. The van der Waals surface area contributed by atoms with Crippen LogP contribution in [0.3, 0.4) is 0 Å². The molecule has 0 aliphatic heterocycles. The molecule has 0 bridgehead atoms. The Morgan fingerprint density at radius 3 is 1.95 bits per heavy atom. The SMILES string of the molecule is COc1cc(OC)cc(-c2ccc(C)c3ccccc23)c1. The summed E-state index contributed by atoms with van der Waals surface area (Å²) in [7, 11) is 3.34. The van der Waals surface area contributed by atoms with E-state index in [-0.39, 0.29) is 0 Å². The molecule has 2 heteroatoms. The minimum atomic E-state index is 0.800. The van der Waals surface area contributed by atoms with Gasteiger partial charge in [0.2, 0.25) is 0 Å². The van der Waals surface area contributed by atoms with Crippen LogP contribution in [0.15, 0.2) is 54.6 Å². The fraction of sp³-hybridized carbons (Fsp3) is 0.158. The number of methoxy groups -OCH3 is 2. The van der Waals surface area contributed by atoms with Crippen molar-refractivity contribution in [2.24, 2.45) is 0 Å². The van der Waals surface area contributed by atoms with Crippen molar-refractivity contribution in [2.75, 3.05) is 14.2 Å². The van der Waals surface area contributed by atoms with Gasteiger partial charge in [-0.2, -0.15) is 0 Å². The summed E-state index contributed by atoms with van der Waals surface area (Å²) in [6.07, 6.45) is 0. The largest absolute Gasteiger partial charge is 0.497 e. The molecule has 0 fully saturated rings. The lowest BCUT2D eigenvalue weighted by molar-refractivity contribution is 0.394. The molecule has 2 nitrogen and oxygen atoms in total. The van der Waals surface area contributed by atoms with E-state index < -0.39 is 0 Å². The summed E-state index contributed by atoms with van der Waals surface area (Å²) in [5.74, 6) is 1.60. The van der Waals surface area contributed by atoms with Gasteiger partial charge in [0.1, 0.15) is 11.5 Å². The fourth-order valence-corrected chi connectivity index (χ4v) is 2.66. The van der Waals surface area contributed by atoms with Crippen molar-refractivity contribution < 1.29 is 9.47 Å². The number of ether oxygens (including phenoxy) is 2. The lowest BCUT2D eigenvalue weighted by Gasteiger charge is -2.12. The van der Waals surface area contributed by atoms with E-state index in [0.717, 1.165) is 17.1 Å². The average Bonchev–Trinajstić information content (AvgIpc) is 2.55. The minimum Gasteiger partial charge on any atom is -0.497 e. The minimum absolute atomic E-state index is 0.800. The third kappa shape index (κ3) is 2.45. The van der Waals surface area contributed by atoms with Crippen LogP contribution in [0.1, 0.15) is 5.56 Å². The van der Waals surface area contributed by atoms with Gasteiger partial charge in [-0.15, -0.1) is 0 Å². The van der Waals surface area contributed by atoms with Crippen LogP contribution >= 0.6 is 0 Å². The lowest BCUT2D eigenvalue weighted by atomic mass is 9.95. The van der Waals surface area contributed by atoms with E-state index in [0.29, 0.717) is 0 Å². The van der Waals surface area contributed by atoms with Crippen molar-refractivity contribution in [3.05, 3.63) is 60.2 Å². The molecule has 0 saturated carbocycles. The van der Waals surface area contributed by atoms with E-state index >= 15 is 0 Å². The Hall–Kier alpha value is -2.48. The Morgan fingerprint density at radius 1 is 0.714 bits per heavy atom. The first-order valence-electron chi connectivity index (χ1n) is 6.94. The number of fused-ring (bicyclic) bond motifs is 1. The molecule has 0 spiro atoms. The normalized spacial score (nSPS) is 10.6. The van der Waals surface area contributed by atoms with Gasteiger partial charge in [-0.3, -0.25) is 0 Å². The average molecular weight is 278 g/mol. The van der Waals surface area contributed by atoms with Gasteiger partial charge in [0, 0.05) is 6.07 Å². The highest BCUT2D eigenvalue weighted by atomic mass is 16.5. The third-order valence-corrected chi connectivity index (χ3v) is 3.80. The van der Waals surface area contributed by atoms with E-state index in [4.69, 9.17) is 9.47 Å². The number of hydrogen-bond donors (Lipinski definition) is 0. The molecule has 3 aromatic carbocycles. The maximum Gasteiger partial charge on any atom is 0.123 e. The summed E-state index contributed by atoms with van der Waals surface area (Å²) in [6, 6.07) is 18.7. The molecule has 21 heavy (non-hydrogen) atoms. The van der Waals surface area contributed by atoms with E-state index in [1.807, 2.05) is 18.2 Å². The van der Waals surface area contributed by atoms with Crippen LogP contribution in [-0.2, 0) is 0 Å². The second-order valence-corrected chi connectivity index (χ2v) is 5.08. The van der Waals surface area contributed by atoms with Crippen LogP contribution in [0.2, 0.25) is 0 Å². The zero-order valence-electron chi connectivity index (χ0n) is 12.5. The Labute approximate surface area is 124 Å². The lowest BCUT2D eigenvalue weighted by Crippen LogP contribution is -1.90. The molecule has 0 atom stereocenters. The standard InChI is InChI=1S/C19H18O2/c1-13-8-9-18(19-7-5-4-6-17(13)19)14-10-15(20-2)12-16(11-14)21-3/h4-12H,1-3H3. The van der Waals surface area contributed by atoms with Crippen molar-refractivity contribution >= 4 is 10.8 Å². The molecule has 106 valence electrons. The van der Waals surface area contributed by atoms with Gasteiger partial charge in [0.15, 0.2) is 0 Å². The summed E-state index contributed by atoms with van der Waals surface area (Å²) in [5, 5.41) is 2.52. The summed E-state index contributed by atoms with van der Waals surface area (Å²) in [4.78, 5) is 0. The summed E-state index contributed by atoms with van der Waals surface area (Å²) in [6.45, 7) is 2.14. The summed E-state index contributed by atoms with van der Waals surface area (Å²) in [5.41, 5.74) is 3.57. The van der Waals surface area contributed by atoms with E-state index in [1.165, 1.54) is 21.9 Å². The van der Waals surface area contributed by atoms with Gasteiger partial charge in [0.25, 0.3) is 0 Å².